The molecule has 2 heterocycles. The molecule has 1 aromatic heterocycles. The molecule has 0 spiro atoms. The van der Waals surface area contributed by atoms with Gasteiger partial charge in [-0.3, -0.25) is 0 Å². The second kappa shape index (κ2) is 4.71. The van der Waals surface area contributed by atoms with E-state index in [0.717, 1.165) is 23.7 Å². The molecule has 1 N–H and O–H groups in total. The zero-order valence-corrected chi connectivity index (χ0v) is 9.38. The lowest BCUT2D eigenvalue weighted by Gasteiger charge is -2.06. The number of methoxy groups -OCH3 is 1. The second-order valence-corrected chi connectivity index (χ2v) is 4.50. The first-order valence-electron chi connectivity index (χ1n) is 4.91. The summed E-state index contributed by atoms with van der Waals surface area (Å²) in [5.74, 6) is 0. The van der Waals surface area contributed by atoms with E-state index in [-0.39, 0.29) is 6.10 Å². The van der Waals surface area contributed by atoms with Gasteiger partial charge in [-0.05, 0) is 6.42 Å². The highest BCUT2D eigenvalue weighted by Crippen LogP contribution is 2.25. The Morgan fingerprint density at radius 2 is 2.67 bits per heavy atom. The standard InChI is InChI=1S/C10H13N3OS/c1-14-7-4-8(12-5-7)9-6-15-10(13-9)2-3-11/h6-8,12H,2,4-5H2,1H3. The lowest BCUT2D eigenvalue weighted by molar-refractivity contribution is 0.117. The predicted molar refractivity (Wildman–Crippen MR) is 57.6 cm³/mol. The van der Waals surface area contributed by atoms with Crippen LogP contribution >= 0.6 is 11.3 Å². The summed E-state index contributed by atoms with van der Waals surface area (Å²) >= 11 is 1.56. The third-order valence-electron chi connectivity index (χ3n) is 2.58. The summed E-state index contributed by atoms with van der Waals surface area (Å²) in [5.41, 5.74) is 1.05. The Morgan fingerprint density at radius 1 is 1.80 bits per heavy atom. The molecule has 0 saturated carbocycles. The van der Waals surface area contributed by atoms with Crippen molar-refractivity contribution in [3.8, 4) is 6.07 Å². The van der Waals surface area contributed by atoms with Crippen molar-refractivity contribution in [2.75, 3.05) is 13.7 Å². The zero-order chi connectivity index (χ0) is 10.7. The lowest BCUT2D eigenvalue weighted by Crippen LogP contribution is -2.16. The molecular weight excluding hydrogens is 210 g/mol. The molecule has 0 amide bonds. The van der Waals surface area contributed by atoms with Crippen LogP contribution in [0, 0.1) is 11.3 Å². The number of nitrogens with one attached hydrogen (secondary N) is 1. The van der Waals surface area contributed by atoms with Gasteiger partial charge >= 0.3 is 0 Å². The maximum atomic E-state index is 8.56. The van der Waals surface area contributed by atoms with E-state index in [1.165, 1.54) is 0 Å². The molecular formula is C10H13N3OS. The zero-order valence-electron chi connectivity index (χ0n) is 8.56. The minimum Gasteiger partial charge on any atom is -0.380 e. The van der Waals surface area contributed by atoms with Gasteiger partial charge in [0.1, 0.15) is 5.01 Å². The van der Waals surface area contributed by atoms with E-state index < -0.39 is 0 Å². The summed E-state index contributed by atoms with van der Waals surface area (Å²) in [6.45, 7) is 0.881. The average molecular weight is 223 g/mol. The van der Waals surface area contributed by atoms with Gasteiger partial charge in [0.15, 0.2) is 0 Å². The van der Waals surface area contributed by atoms with Crippen LogP contribution in [0.2, 0.25) is 0 Å². The maximum absolute atomic E-state index is 8.56. The van der Waals surface area contributed by atoms with Gasteiger partial charge in [0.05, 0.1) is 30.3 Å². The van der Waals surface area contributed by atoms with E-state index in [4.69, 9.17) is 10.00 Å². The Hall–Kier alpha value is -0.960. The molecule has 0 aliphatic carbocycles. The molecule has 0 bridgehead atoms. The largest absolute Gasteiger partial charge is 0.380 e. The van der Waals surface area contributed by atoms with E-state index in [0.29, 0.717) is 12.5 Å². The normalized spacial score (nSPS) is 25.3. The smallest absolute Gasteiger partial charge is 0.107 e. The van der Waals surface area contributed by atoms with E-state index >= 15 is 0 Å². The van der Waals surface area contributed by atoms with Crippen LogP contribution in [0.1, 0.15) is 23.2 Å². The van der Waals surface area contributed by atoms with Crippen LogP contribution in [0.4, 0.5) is 0 Å². The van der Waals surface area contributed by atoms with Gasteiger partial charge in [0.25, 0.3) is 0 Å². The fraction of sp³-hybridized carbons (Fsp3) is 0.600. The maximum Gasteiger partial charge on any atom is 0.107 e. The number of rotatable bonds is 3. The van der Waals surface area contributed by atoms with Crippen molar-refractivity contribution in [2.24, 2.45) is 0 Å². The van der Waals surface area contributed by atoms with Gasteiger partial charge in [-0.25, -0.2) is 4.98 Å². The summed E-state index contributed by atoms with van der Waals surface area (Å²) in [6.07, 6.45) is 1.66. The van der Waals surface area contributed by atoms with Crippen molar-refractivity contribution in [3.05, 3.63) is 16.1 Å². The molecule has 80 valence electrons. The van der Waals surface area contributed by atoms with Gasteiger partial charge in [0, 0.05) is 19.0 Å². The summed E-state index contributed by atoms with van der Waals surface area (Å²) in [6, 6.07) is 2.40. The lowest BCUT2D eigenvalue weighted by atomic mass is 10.1. The number of aromatic nitrogens is 1. The number of hydrogen-bond acceptors (Lipinski definition) is 5. The van der Waals surface area contributed by atoms with Crippen LogP contribution in [0.3, 0.4) is 0 Å². The van der Waals surface area contributed by atoms with Gasteiger partial charge in [-0.15, -0.1) is 11.3 Å². The van der Waals surface area contributed by atoms with Crippen molar-refractivity contribution in [1.29, 1.82) is 5.26 Å². The quantitative estimate of drug-likeness (QED) is 0.838. The fourth-order valence-corrected chi connectivity index (χ4v) is 2.52. The SMILES string of the molecule is COC1CNC(c2csc(CC#N)n2)C1. The van der Waals surface area contributed by atoms with Gasteiger partial charge < -0.3 is 10.1 Å². The Labute approximate surface area is 92.9 Å². The van der Waals surface area contributed by atoms with E-state index in [9.17, 15) is 0 Å². The minimum absolute atomic E-state index is 0.288. The molecule has 1 aliphatic rings. The monoisotopic (exact) mass is 223 g/mol. The molecule has 4 nitrogen and oxygen atoms in total. The first-order valence-corrected chi connectivity index (χ1v) is 5.79. The van der Waals surface area contributed by atoms with Crippen molar-refractivity contribution < 1.29 is 4.74 Å². The number of thiazole rings is 1. The predicted octanol–water partition coefficient (Wildman–Crippen LogP) is 1.26. The molecule has 1 aromatic rings. The van der Waals surface area contributed by atoms with Crippen LogP contribution in [0.5, 0.6) is 0 Å². The van der Waals surface area contributed by atoms with Crippen LogP contribution < -0.4 is 5.32 Å². The second-order valence-electron chi connectivity index (χ2n) is 3.56. The van der Waals surface area contributed by atoms with E-state index in [1.807, 2.05) is 5.38 Å². The van der Waals surface area contributed by atoms with Crippen molar-refractivity contribution in [1.82, 2.24) is 10.3 Å². The molecule has 2 rings (SSSR count). The third-order valence-corrected chi connectivity index (χ3v) is 3.45. The minimum atomic E-state index is 0.288. The van der Waals surface area contributed by atoms with Gasteiger partial charge in [-0.2, -0.15) is 5.26 Å². The third kappa shape index (κ3) is 2.34. The van der Waals surface area contributed by atoms with Crippen molar-refractivity contribution >= 4 is 11.3 Å². The summed E-state index contributed by atoms with van der Waals surface area (Å²) in [4.78, 5) is 4.43. The van der Waals surface area contributed by atoms with Crippen LogP contribution in [-0.4, -0.2) is 24.7 Å². The molecule has 5 heteroatoms. The summed E-state index contributed by atoms with van der Waals surface area (Å²) in [7, 11) is 1.73. The highest BCUT2D eigenvalue weighted by Gasteiger charge is 2.26. The Kier molecular flexibility index (Phi) is 3.31. The Morgan fingerprint density at radius 3 is 3.33 bits per heavy atom. The number of nitriles is 1. The van der Waals surface area contributed by atoms with Crippen molar-refractivity contribution in [3.63, 3.8) is 0 Å². The first kappa shape index (κ1) is 10.6. The molecule has 1 fully saturated rings. The Bertz CT molecular complexity index is 371. The molecule has 1 saturated heterocycles. The Balaban J connectivity index is 2.01. The van der Waals surface area contributed by atoms with Crippen LogP contribution in [0.25, 0.3) is 0 Å². The highest BCUT2D eigenvalue weighted by atomic mass is 32.1. The molecule has 0 radical (unpaired) electrons. The van der Waals surface area contributed by atoms with Gasteiger partial charge in [-0.1, -0.05) is 0 Å². The average Bonchev–Trinajstić information content (AvgIpc) is 2.85. The first-order chi connectivity index (χ1) is 7.33. The molecule has 0 aromatic carbocycles. The number of nitrogens with zero attached hydrogens (tertiary/aromatic N) is 2. The fourth-order valence-electron chi connectivity index (χ4n) is 1.74. The van der Waals surface area contributed by atoms with E-state index in [2.05, 4.69) is 16.4 Å². The van der Waals surface area contributed by atoms with Gasteiger partial charge in [0.2, 0.25) is 0 Å². The highest BCUT2D eigenvalue weighted by molar-refractivity contribution is 7.09. The molecule has 15 heavy (non-hydrogen) atoms. The van der Waals surface area contributed by atoms with Crippen LogP contribution in [-0.2, 0) is 11.2 Å². The molecule has 2 unspecified atom stereocenters. The molecule has 2 atom stereocenters. The van der Waals surface area contributed by atoms with Crippen molar-refractivity contribution in [2.45, 2.75) is 25.0 Å². The summed E-state index contributed by atoms with van der Waals surface area (Å²) in [5, 5.41) is 14.8. The summed E-state index contributed by atoms with van der Waals surface area (Å²) < 4.78 is 5.28. The van der Waals surface area contributed by atoms with Crippen LogP contribution in [0.15, 0.2) is 5.38 Å². The number of hydrogen-bond donors (Lipinski definition) is 1. The topological polar surface area (TPSA) is 57.9 Å². The molecule has 1 aliphatic heterocycles. The van der Waals surface area contributed by atoms with E-state index in [1.54, 1.807) is 18.4 Å². The number of ether oxygens (including phenoxy) is 1.